The van der Waals surface area contributed by atoms with E-state index in [1.807, 2.05) is 12.1 Å². The fraction of sp³-hybridized carbons (Fsp3) is 0. The smallest absolute Gasteiger partial charge is 0.311 e. The first kappa shape index (κ1) is 11.3. The summed E-state index contributed by atoms with van der Waals surface area (Å²) >= 11 is 0. The number of rotatable bonds is 2. The number of phenols is 1. The number of aromatic amines is 1. The number of nitrogens with zero attached hydrogens (tertiary/aromatic N) is 1. The van der Waals surface area contributed by atoms with E-state index in [4.69, 9.17) is 4.74 Å². The summed E-state index contributed by atoms with van der Waals surface area (Å²) in [4.78, 5) is 17.8. The highest BCUT2D eigenvalue weighted by Gasteiger charge is 2.04. The molecule has 3 aromatic rings. The fourth-order valence-corrected chi connectivity index (χ4v) is 1.80. The monoisotopic (exact) mass is 254 g/mol. The van der Waals surface area contributed by atoms with Crippen LogP contribution in [0.2, 0.25) is 0 Å². The van der Waals surface area contributed by atoms with E-state index in [2.05, 4.69) is 9.97 Å². The van der Waals surface area contributed by atoms with Crippen molar-refractivity contribution in [1.29, 1.82) is 0 Å². The Bertz CT molecular complexity index is 796. The van der Waals surface area contributed by atoms with Gasteiger partial charge in [-0.15, -0.1) is 0 Å². The molecule has 0 amide bonds. The van der Waals surface area contributed by atoms with Gasteiger partial charge in [0.05, 0.1) is 0 Å². The van der Waals surface area contributed by atoms with Gasteiger partial charge in [0.25, 0.3) is 5.88 Å². The van der Waals surface area contributed by atoms with Crippen molar-refractivity contribution >= 4 is 10.8 Å². The molecule has 0 saturated carbocycles. The summed E-state index contributed by atoms with van der Waals surface area (Å²) in [6.45, 7) is 0. The van der Waals surface area contributed by atoms with Gasteiger partial charge in [0.15, 0.2) is 0 Å². The average Bonchev–Trinajstić information content (AvgIpc) is 2.41. The van der Waals surface area contributed by atoms with Crippen LogP contribution in [0, 0.1) is 0 Å². The van der Waals surface area contributed by atoms with Crippen molar-refractivity contribution in [2.75, 3.05) is 0 Å². The lowest BCUT2D eigenvalue weighted by molar-refractivity contribution is 0.455. The van der Waals surface area contributed by atoms with E-state index < -0.39 is 5.56 Å². The average molecular weight is 254 g/mol. The molecule has 19 heavy (non-hydrogen) atoms. The maximum absolute atomic E-state index is 11.5. The summed E-state index contributed by atoms with van der Waals surface area (Å²) in [6.07, 6.45) is 2.89. The topological polar surface area (TPSA) is 75.2 Å². The Hall–Kier alpha value is -2.82. The standard InChI is InChI=1S/C14H10N2O3/c17-11-3-1-9-2-4-12(8-10(9)7-11)19-14-13(18)15-5-6-16-14/h1-8,17H,(H,15,18). The number of nitrogens with one attached hydrogen (secondary N) is 1. The lowest BCUT2D eigenvalue weighted by Crippen LogP contribution is -2.09. The number of benzene rings is 2. The third-order valence-corrected chi connectivity index (χ3v) is 2.68. The Balaban J connectivity index is 2.02. The second kappa shape index (κ2) is 4.45. The Kier molecular flexibility index (Phi) is 2.64. The number of hydrogen-bond acceptors (Lipinski definition) is 4. The van der Waals surface area contributed by atoms with Crippen LogP contribution in [0.1, 0.15) is 0 Å². The molecule has 0 fully saturated rings. The second-order valence-corrected chi connectivity index (χ2v) is 4.02. The van der Waals surface area contributed by atoms with Gasteiger partial charge in [-0.1, -0.05) is 12.1 Å². The highest BCUT2D eigenvalue weighted by Crippen LogP contribution is 2.25. The number of hydrogen-bond donors (Lipinski definition) is 2. The van der Waals surface area contributed by atoms with Crippen LogP contribution in [-0.2, 0) is 0 Å². The van der Waals surface area contributed by atoms with E-state index in [-0.39, 0.29) is 11.6 Å². The molecule has 94 valence electrons. The third kappa shape index (κ3) is 2.26. The lowest BCUT2D eigenvalue weighted by atomic mass is 10.1. The zero-order valence-electron chi connectivity index (χ0n) is 9.83. The van der Waals surface area contributed by atoms with Crippen molar-refractivity contribution in [2.24, 2.45) is 0 Å². The maximum Gasteiger partial charge on any atom is 0.311 e. The zero-order valence-corrected chi connectivity index (χ0v) is 9.83. The van der Waals surface area contributed by atoms with Crippen LogP contribution in [0.3, 0.4) is 0 Å². The zero-order chi connectivity index (χ0) is 13.2. The molecular formula is C14H10N2O3. The van der Waals surface area contributed by atoms with Crippen LogP contribution in [0.5, 0.6) is 17.4 Å². The van der Waals surface area contributed by atoms with E-state index in [1.54, 1.807) is 24.3 Å². The van der Waals surface area contributed by atoms with E-state index in [0.29, 0.717) is 5.75 Å². The molecular weight excluding hydrogens is 244 g/mol. The molecule has 3 rings (SSSR count). The molecule has 5 nitrogen and oxygen atoms in total. The summed E-state index contributed by atoms with van der Waals surface area (Å²) in [5, 5.41) is 11.2. The maximum atomic E-state index is 11.5. The van der Waals surface area contributed by atoms with Gasteiger partial charge >= 0.3 is 5.56 Å². The van der Waals surface area contributed by atoms with Gasteiger partial charge in [-0.2, -0.15) is 0 Å². The van der Waals surface area contributed by atoms with Crippen molar-refractivity contribution in [2.45, 2.75) is 0 Å². The van der Waals surface area contributed by atoms with Gasteiger partial charge in [-0.25, -0.2) is 4.98 Å². The summed E-state index contributed by atoms with van der Waals surface area (Å²) in [5.74, 6) is 0.657. The van der Waals surface area contributed by atoms with Crippen LogP contribution >= 0.6 is 0 Å². The Morgan fingerprint density at radius 2 is 1.95 bits per heavy atom. The van der Waals surface area contributed by atoms with Crippen molar-refractivity contribution in [3.63, 3.8) is 0 Å². The summed E-state index contributed by atoms with van der Waals surface area (Å²) in [5.41, 5.74) is -0.390. The largest absolute Gasteiger partial charge is 0.508 e. The van der Waals surface area contributed by atoms with Crippen molar-refractivity contribution < 1.29 is 9.84 Å². The van der Waals surface area contributed by atoms with Crippen LogP contribution in [-0.4, -0.2) is 15.1 Å². The SMILES string of the molecule is O=c1[nH]ccnc1Oc1ccc2ccc(O)cc2c1. The number of ether oxygens (including phenoxy) is 1. The Morgan fingerprint density at radius 3 is 2.79 bits per heavy atom. The molecule has 0 saturated heterocycles. The van der Waals surface area contributed by atoms with Crippen LogP contribution in [0.15, 0.2) is 53.6 Å². The molecule has 0 aliphatic heterocycles. The van der Waals surface area contributed by atoms with Crippen molar-refractivity contribution in [3.8, 4) is 17.4 Å². The fourth-order valence-electron chi connectivity index (χ4n) is 1.80. The van der Waals surface area contributed by atoms with E-state index in [1.165, 1.54) is 12.4 Å². The molecule has 0 atom stereocenters. The molecule has 2 aromatic carbocycles. The van der Waals surface area contributed by atoms with Gasteiger partial charge < -0.3 is 14.8 Å². The first-order valence-electron chi connectivity index (χ1n) is 5.67. The van der Waals surface area contributed by atoms with Crippen molar-refractivity contribution in [3.05, 3.63) is 59.1 Å². The van der Waals surface area contributed by atoms with Crippen molar-refractivity contribution in [1.82, 2.24) is 9.97 Å². The molecule has 5 heteroatoms. The van der Waals surface area contributed by atoms with Gasteiger partial charge in [0.2, 0.25) is 0 Å². The number of H-pyrrole nitrogens is 1. The Labute approximate surface area is 108 Å². The summed E-state index contributed by atoms with van der Waals surface area (Å²) in [7, 11) is 0. The number of aromatic hydroxyl groups is 1. The van der Waals surface area contributed by atoms with Crippen LogP contribution in [0.4, 0.5) is 0 Å². The number of phenolic OH excluding ortho intramolecular Hbond substituents is 1. The molecule has 0 radical (unpaired) electrons. The van der Waals surface area contributed by atoms with E-state index in [0.717, 1.165) is 10.8 Å². The minimum absolute atomic E-state index is 0.0120. The lowest BCUT2D eigenvalue weighted by Gasteiger charge is -2.05. The molecule has 0 spiro atoms. The first-order chi connectivity index (χ1) is 9.22. The first-order valence-corrected chi connectivity index (χ1v) is 5.67. The van der Waals surface area contributed by atoms with E-state index >= 15 is 0 Å². The Morgan fingerprint density at radius 1 is 1.11 bits per heavy atom. The van der Waals surface area contributed by atoms with Gasteiger partial charge in [0, 0.05) is 12.4 Å². The highest BCUT2D eigenvalue weighted by atomic mass is 16.5. The molecule has 1 heterocycles. The number of fused-ring (bicyclic) bond motifs is 1. The third-order valence-electron chi connectivity index (χ3n) is 2.68. The molecule has 1 aromatic heterocycles. The molecule has 0 aliphatic rings. The highest BCUT2D eigenvalue weighted by molar-refractivity contribution is 5.85. The number of aromatic nitrogens is 2. The quantitative estimate of drug-likeness (QED) is 0.736. The minimum atomic E-state index is -0.390. The van der Waals surface area contributed by atoms with Gasteiger partial charge in [-0.3, -0.25) is 4.79 Å². The molecule has 0 aliphatic carbocycles. The predicted molar refractivity (Wildman–Crippen MR) is 70.5 cm³/mol. The predicted octanol–water partition coefficient (Wildman–Crippen LogP) is 2.42. The van der Waals surface area contributed by atoms with E-state index in [9.17, 15) is 9.90 Å². The van der Waals surface area contributed by atoms with Crippen LogP contribution in [0.25, 0.3) is 10.8 Å². The van der Waals surface area contributed by atoms with Gasteiger partial charge in [-0.05, 0) is 35.0 Å². The van der Waals surface area contributed by atoms with Crippen LogP contribution < -0.4 is 10.3 Å². The second-order valence-electron chi connectivity index (χ2n) is 4.02. The molecule has 0 unspecified atom stereocenters. The normalized spacial score (nSPS) is 10.5. The summed E-state index contributed by atoms with van der Waals surface area (Å²) in [6, 6.07) is 10.4. The molecule has 0 bridgehead atoms. The van der Waals surface area contributed by atoms with Gasteiger partial charge in [0.1, 0.15) is 11.5 Å². The molecule has 2 N–H and O–H groups in total. The summed E-state index contributed by atoms with van der Waals surface area (Å²) < 4.78 is 5.42. The minimum Gasteiger partial charge on any atom is -0.508 e.